The lowest BCUT2D eigenvalue weighted by Crippen LogP contribution is -2.57. The van der Waals surface area contributed by atoms with Gasteiger partial charge in [-0.1, -0.05) is 12.1 Å². The van der Waals surface area contributed by atoms with Gasteiger partial charge < -0.3 is 15.0 Å². The highest BCUT2D eigenvalue weighted by Gasteiger charge is 2.49. The van der Waals surface area contributed by atoms with Crippen molar-refractivity contribution in [2.24, 2.45) is 0 Å². The van der Waals surface area contributed by atoms with Crippen molar-refractivity contribution in [1.82, 2.24) is 10.2 Å². The fourth-order valence-corrected chi connectivity index (χ4v) is 4.48. The molecule has 0 radical (unpaired) electrons. The van der Waals surface area contributed by atoms with Crippen LogP contribution in [0.15, 0.2) is 24.3 Å². The van der Waals surface area contributed by atoms with Crippen LogP contribution in [0.4, 0.5) is 13.2 Å². The molecular formula is C16H22ClF3N2O4S. The van der Waals surface area contributed by atoms with Crippen molar-refractivity contribution in [1.29, 1.82) is 0 Å². The van der Waals surface area contributed by atoms with E-state index in [2.05, 4.69) is 10.1 Å². The molecule has 0 spiro atoms. The zero-order chi connectivity index (χ0) is 19.6. The SMILES string of the molecule is CN(Cc1ccc(OC(F)(F)F)cc1)C(=O)C1(S(C)(=O)=O)CCNCC1.Cl. The summed E-state index contributed by atoms with van der Waals surface area (Å²) in [5.74, 6) is -0.863. The van der Waals surface area contributed by atoms with Gasteiger partial charge in [0.25, 0.3) is 0 Å². The second kappa shape index (κ2) is 8.66. The summed E-state index contributed by atoms with van der Waals surface area (Å²) in [4.78, 5) is 14.2. The normalized spacial score (nSPS) is 16.9. The number of rotatable bonds is 5. The van der Waals surface area contributed by atoms with Crippen LogP contribution in [-0.4, -0.2) is 56.7 Å². The average molecular weight is 431 g/mol. The van der Waals surface area contributed by atoms with Crippen LogP contribution in [0.5, 0.6) is 5.75 Å². The van der Waals surface area contributed by atoms with Gasteiger partial charge in [0.15, 0.2) is 14.6 Å². The van der Waals surface area contributed by atoms with E-state index in [9.17, 15) is 26.4 Å². The maximum absolute atomic E-state index is 12.9. The zero-order valence-electron chi connectivity index (χ0n) is 14.9. The van der Waals surface area contributed by atoms with E-state index in [0.29, 0.717) is 18.7 Å². The largest absolute Gasteiger partial charge is 0.573 e. The van der Waals surface area contributed by atoms with Gasteiger partial charge >= 0.3 is 6.36 Å². The Labute approximate surface area is 162 Å². The summed E-state index contributed by atoms with van der Waals surface area (Å²) in [6.07, 6.45) is -3.33. The third-order valence-electron chi connectivity index (χ3n) is 4.43. The minimum absolute atomic E-state index is 0. The van der Waals surface area contributed by atoms with Crippen molar-refractivity contribution < 1.29 is 31.1 Å². The maximum atomic E-state index is 12.9. The Morgan fingerprint density at radius 2 is 1.74 bits per heavy atom. The number of nitrogens with zero attached hydrogens (tertiary/aromatic N) is 1. The molecule has 1 heterocycles. The summed E-state index contributed by atoms with van der Waals surface area (Å²) < 4.78 is 63.4. The second-order valence-electron chi connectivity index (χ2n) is 6.37. The molecule has 1 saturated heterocycles. The molecule has 1 aliphatic heterocycles. The first kappa shape index (κ1) is 23.5. The molecule has 154 valence electrons. The van der Waals surface area contributed by atoms with Crippen LogP contribution in [0.3, 0.4) is 0 Å². The molecule has 1 fully saturated rings. The smallest absolute Gasteiger partial charge is 0.406 e. The molecule has 0 saturated carbocycles. The Bertz CT molecular complexity index is 748. The van der Waals surface area contributed by atoms with Crippen LogP contribution in [0.1, 0.15) is 18.4 Å². The Morgan fingerprint density at radius 1 is 1.22 bits per heavy atom. The molecule has 0 aromatic heterocycles. The van der Waals surface area contributed by atoms with E-state index in [1.807, 2.05) is 0 Å². The predicted molar refractivity (Wildman–Crippen MR) is 96.5 cm³/mol. The van der Waals surface area contributed by atoms with Crippen molar-refractivity contribution in [3.63, 3.8) is 0 Å². The molecule has 1 N–H and O–H groups in total. The molecular weight excluding hydrogens is 409 g/mol. The summed E-state index contributed by atoms with van der Waals surface area (Å²) in [6.45, 7) is 0.933. The van der Waals surface area contributed by atoms with E-state index in [1.54, 1.807) is 0 Å². The van der Waals surface area contributed by atoms with Crippen molar-refractivity contribution in [2.75, 3.05) is 26.4 Å². The quantitative estimate of drug-likeness (QED) is 0.774. The number of halogens is 4. The standard InChI is InChI=1S/C16H21F3N2O4S.ClH/c1-21(11-12-3-5-13(6-4-12)25-16(17,18)19)14(22)15(26(2,23)24)7-9-20-10-8-15;/h3-6,20H,7-11H2,1-2H3;1H. The number of piperidine rings is 1. The highest BCUT2D eigenvalue weighted by Crippen LogP contribution is 2.30. The molecule has 1 aliphatic rings. The van der Waals surface area contributed by atoms with E-state index < -0.39 is 26.9 Å². The molecule has 1 aromatic rings. The Balaban J connectivity index is 0.00000364. The van der Waals surface area contributed by atoms with Crippen LogP contribution in [0.2, 0.25) is 0 Å². The Hall–Kier alpha value is -1.52. The van der Waals surface area contributed by atoms with E-state index in [0.717, 1.165) is 18.4 Å². The summed E-state index contributed by atoms with van der Waals surface area (Å²) in [5.41, 5.74) is 0.563. The molecule has 27 heavy (non-hydrogen) atoms. The topological polar surface area (TPSA) is 75.7 Å². The Kier molecular flexibility index (Phi) is 7.54. The summed E-state index contributed by atoms with van der Waals surface area (Å²) in [5, 5.41) is 3.04. The fraction of sp³-hybridized carbons (Fsp3) is 0.562. The number of alkyl halides is 3. The molecule has 11 heteroatoms. The molecule has 0 bridgehead atoms. The van der Waals surface area contributed by atoms with Crippen LogP contribution in [0.25, 0.3) is 0 Å². The number of benzene rings is 1. The first-order chi connectivity index (χ1) is 11.9. The highest BCUT2D eigenvalue weighted by atomic mass is 35.5. The monoisotopic (exact) mass is 430 g/mol. The molecule has 2 rings (SSSR count). The van der Waals surface area contributed by atoms with Crippen LogP contribution in [-0.2, 0) is 21.2 Å². The summed E-state index contributed by atoms with van der Waals surface area (Å²) in [6, 6.07) is 5.11. The summed E-state index contributed by atoms with van der Waals surface area (Å²) >= 11 is 0. The van der Waals surface area contributed by atoms with Crippen LogP contribution >= 0.6 is 12.4 Å². The lowest BCUT2D eigenvalue weighted by atomic mass is 9.95. The van der Waals surface area contributed by atoms with E-state index >= 15 is 0 Å². The number of sulfone groups is 1. The van der Waals surface area contributed by atoms with Crippen LogP contribution in [0, 0.1) is 0 Å². The van der Waals surface area contributed by atoms with Crippen molar-refractivity contribution in [3.05, 3.63) is 29.8 Å². The zero-order valence-corrected chi connectivity index (χ0v) is 16.5. The minimum atomic E-state index is -4.77. The van der Waals surface area contributed by atoms with Crippen LogP contribution < -0.4 is 10.1 Å². The van der Waals surface area contributed by atoms with Gasteiger partial charge in [-0.05, 0) is 43.6 Å². The second-order valence-corrected chi connectivity index (χ2v) is 8.70. The maximum Gasteiger partial charge on any atom is 0.573 e. The lowest BCUT2D eigenvalue weighted by molar-refractivity contribution is -0.274. The van der Waals surface area contributed by atoms with Gasteiger partial charge in [-0.15, -0.1) is 25.6 Å². The Morgan fingerprint density at radius 3 is 2.19 bits per heavy atom. The highest BCUT2D eigenvalue weighted by molar-refractivity contribution is 7.92. The first-order valence-corrected chi connectivity index (χ1v) is 9.84. The average Bonchev–Trinajstić information content (AvgIpc) is 2.54. The van der Waals surface area contributed by atoms with Gasteiger partial charge in [0, 0.05) is 19.8 Å². The molecule has 1 amide bonds. The molecule has 1 aromatic carbocycles. The number of amides is 1. The number of carbonyl (C=O) groups is 1. The number of nitrogens with one attached hydrogen (secondary N) is 1. The lowest BCUT2D eigenvalue weighted by Gasteiger charge is -2.37. The first-order valence-electron chi connectivity index (χ1n) is 7.95. The predicted octanol–water partition coefficient (Wildman–Crippen LogP) is 2.13. The third kappa shape index (κ3) is 5.73. The number of ether oxygens (including phenoxy) is 1. The molecule has 0 atom stereocenters. The van der Waals surface area contributed by atoms with Gasteiger partial charge in [0.05, 0.1) is 0 Å². The molecule has 6 nitrogen and oxygen atoms in total. The van der Waals surface area contributed by atoms with Gasteiger partial charge in [-0.3, -0.25) is 4.79 Å². The van der Waals surface area contributed by atoms with Gasteiger partial charge in [0.1, 0.15) is 5.75 Å². The van der Waals surface area contributed by atoms with Gasteiger partial charge in [0.2, 0.25) is 5.91 Å². The summed E-state index contributed by atoms with van der Waals surface area (Å²) in [7, 11) is -2.14. The molecule has 0 aliphatic carbocycles. The number of carbonyl (C=O) groups excluding carboxylic acids is 1. The number of hydrogen-bond acceptors (Lipinski definition) is 5. The van der Waals surface area contributed by atoms with Gasteiger partial charge in [-0.25, -0.2) is 8.42 Å². The van der Waals surface area contributed by atoms with E-state index in [4.69, 9.17) is 0 Å². The van der Waals surface area contributed by atoms with Crippen molar-refractivity contribution in [2.45, 2.75) is 30.5 Å². The molecule has 0 unspecified atom stereocenters. The number of hydrogen-bond donors (Lipinski definition) is 1. The van der Waals surface area contributed by atoms with E-state index in [-0.39, 0.29) is 37.5 Å². The fourth-order valence-electron chi connectivity index (χ4n) is 3.06. The van der Waals surface area contributed by atoms with E-state index in [1.165, 1.54) is 24.1 Å². The van der Waals surface area contributed by atoms with Crippen molar-refractivity contribution >= 4 is 28.2 Å². The van der Waals surface area contributed by atoms with Crippen molar-refractivity contribution in [3.8, 4) is 5.75 Å². The third-order valence-corrected chi connectivity index (χ3v) is 6.44. The van der Waals surface area contributed by atoms with Gasteiger partial charge in [-0.2, -0.15) is 0 Å². The minimum Gasteiger partial charge on any atom is -0.406 e.